The molecule has 1 heterocycles. The maximum Gasteiger partial charge on any atom is 0.401 e. The van der Waals surface area contributed by atoms with Gasteiger partial charge in [-0.2, -0.15) is 24.9 Å². The van der Waals surface area contributed by atoms with Crippen molar-refractivity contribution >= 4 is 17.7 Å². The molecule has 0 aromatic rings. The highest BCUT2D eigenvalue weighted by Gasteiger charge is 2.48. The van der Waals surface area contributed by atoms with Gasteiger partial charge in [-0.25, -0.2) is 0 Å². The van der Waals surface area contributed by atoms with Gasteiger partial charge in [-0.3, -0.25) is 10.1 Å². The molecule has 3 nitrogen and oxygen atoms in total. The van der Waals surface area contributed by atoms with Gasteiger partial charge in [0.25, 0.3) is 0 Å². The summed E-state index contributed by atoms with van der Waals surface area (Å²) >= 11 is 1.50. The fraction of sp³-hybridized carbons (Fsp3) is 0.909. The van der Waals surface area contributed by atoms with E-state index < -0.39 is 24.2 Å². The third kappa shape index (κ3) is 3.78. The molecule has 0 saturated carbocycles. The number of carbonyl (C=O) groups excluding carboxylic acids is 1. The second-order valence-electron chi connectivity index (χ2n) is 4.28. The molecule has 0 radical (unpaired) electrons. The van der Waals surface area contributed by atoms with Crippen molar-refractivity contribution in [3.63, 3.8) is 0 Å². The Balaban J connectivity index is 2.82. The van der Waals surface area contributed by atoms with Crippen molar-refractivity contribution < 1.29 is 22.7 Å². The minimum atomic E-state index is -4.33. The molecule has 1 fully saturated rings. The van der Waals surface area contributed by atoms with Crippen LogP contribution in [-0.4, -0.2) is 41.8 Å². The van der Waals surface area contributed by atoms with E-state index in [-0.39, 0.29) is 11.9 Å². The SMILES string of the molecule is CCOC(=O)C1(NCC(F)(F)F)CCCSC1C. The standard InChI is InChI=1S/C11H18F3NO2S/c1-3-17-9(16)10(15-7-11(12,13)14)5-4-6-18-8(10)2/h8,15H,3-7H2,1-2H3. The lowest BCUT2D eigenvalue weighted by molar-refractivity contribution is -0.156. The fourth-order valence-electron chi connectivity index (χ4n) is 2.05. The van der Waals surface area contributed by atoms with Gasteiger partial charge in [0, 0.05) is 5.25 Å². The molecule has 0 aromatic heterocycles. The summed E-state index contributed by atoms with van der Waals surface area (Å²) < 4.78 is 41.9. The minimum Gasteiger partial charge on any atom is -0.465 e. The molecule has 0 aliphatic carbocycles. The number of thioether (sulfide) groups is 1. The second-order valence-corrected chi connectivity index (χ2v) is 5.73. The highest BCUT2D eigenvalue weighted by Crippen LogP contribution is 2.35. The molecule has 1 aliphatic rings. The molecule has 1 rings (SSSR count). The van der Waals surface area contributed by atoms with Crippen LogP contribution in [-0.2, 0) is 9.53 Å². The van der Waals surface area contributed by atoms with Crippen LogP contribution in [0.4, 0.5) is 13.2 Å². The highest BCUT2D eigenvalue weighted by molar-refractivity contribution is 8.00. The Labute approximate surface area is 109 Å². The van der Waals surface area contributed by atoms with Gasteiger partial charge in [0.15, 0.2) is 0 Å². The van der Waals surface area contributed by atoms with Crippen LogP contribution in [0, 0.1) is 0 Å². The Morgan fingerprint density at radius 1 is 1.56 bits per heavy atom. The number of ether oxygens (including phenoxy) is 1. The molecular formula is C11H18F3NO2S. The van der Waals surface area contributed by atoms with Crippen molar-refractivity contribution in [3.8, 4) is 0 Å². The van der Waals surface area contributed by atoms with E-state index in [0.29, 0.717) is 12.8 Å². The summed E-state index contributed by atoms with van der Waals surface area (Å²) in [6, 6.07) is 0. The Morgan fingerprint density at radius 3 is 2.72 bits per heavy atom. The number of hydrogen-bond acceptors (Lipinski definition) is 4. The van der Waals surface area contributed by atoms with Crippen molar-refractivity contribution in [1.29, 1.82) is 0 Å². The number of rotatable bonds is 4. The summed E-state index contributed by atoms with van der Waals surface area (Å²) in [5, 5.41) is 2.16. The third-order valence-corrected chi connectivity index (χ3v) is 4.45. The van der Waals surface area contributed by atoms with Crippen LogP contribution in [0.2, 0.25) is 0 Å². The largest absolute Gasteiger partial charge is 0.465 e. The first-order chi connectivity index (χ1) is 8.32. The lowest BCUT2D eigenvalue weighted by Crippen LogP contribution is -2.62. The summed E-state index contributed by atoms with van der Waals surface area (Å²) in [5.74, 6) is 0.282. The molecule has 1 aliphatic heterocycles. The Kier molecular flexibility index (Phi) is 5.33. The van der Waals surface area contributed by atoms with Gasteiger partial charge in [-0.05, 0) is 25.5 Å². The van der Waals surface area contributed by atoms with Crippen molar-refractivity contribution in [2.45, 2.75) is 43.7 Å². The van der Waals surface area contributed by atoms with E-state index in [1.54, 1.807) is 13.8 Å². The van der Waals surface area contributed by atoms with Crippen molar-refractivity contribution in [3.05, 3.63) is 0 Å². The molecule has 2 unspecified atom stereocenters. The van der Waals surface area contributed by atoms with Gasteiger partial charge >= 0.3 is 12.1 Å². The van der Waals surface area contributed by atoms with Crippen LogP contribution in [0.3, 0.4) is 0 Å². The second kappa shape index (κ2) is 6.14. The smallest absolute Gasteiger partial charge is 0.401 e. The highest BCUT2D eigenvalue weighted by atomic mass is 32.2. The van der Waals surface area contributed by atoms with E-state index in [9.17, 15) is 18.0 Å². The zero-order valence-electron chi connectivity index (χ0n) is 10.5. The summed E-state index contributed by atoms with van der Waals surface area (Å²) in [6.07, 6.45) is -3.24. The maximum absolute atomic E-state index is 12.3. The van der Waals surface area contributed by atoms with Crippen LogP contribution in [0.1, 0.15) is 26.7 Å². The minimum absolute atomic E-state index is 0.172. The summed E-state index contributed by atoms with van der Waals surface area (Å²) in [7, 11) is 0. The van der Waals surface area contributed by atoms with E-state index in [0.717, 1.165) is 5.75 Å². The van der Waals surface area contributed by atoms with Crippen LogP contribution in [0.5, 0.6) is 0 Å². The molecule has 0 aromatic carbocycles. The van der Waals surface area contributed by atoms with E-state index in [2.05, 4.69) is 5.32 Å². The fourth-order valence-corrected chi connectivity index (χ4v) is 3.29. The van der Waals surface area contributed by atoms with Crippen molar-refractivity contribution in [1.82, 2.24) is 5.32 Å². The monoisotopic (exact) mass is 285 g/mol. The quantitative estimate of drug-likeness (QED) is 0.805. The molecule has 1 saturated heterocycles. The average Bonchev–Trinajstić information content (AvgIpc) is 2.27. The third-order valence-electron chi connectivity index (χ3n) is 3.02. The normalized spacial score (nSPS) is 29.1. The Hall–Kier alpha value is -0.430. The first kappa shape index (κ1) is 15.6. The molecular weight excluding hydrogens is 267 g/mol. The average molecular weight is 285 g/mol. The van der Waals surface area contributed by atoms with Crippen molar-refractivity contribution in [2.24, 2.45) is 0 Å². The predicted molar refractivity (Wildman–Crippen MR) is 64.6 cm³/mol. The van der Waals surface area contributed by atoms with Gasteiger partial charge < -0.3 is 4.74 Å². The van der Waals surface area contributed by atoms with Crippen LogP contribution in [0.25, 0.3) is 0 Å². The predicted octanol–water partition coefficient (Wildman–Crippen LogP) is 2.36. The van der Waals surface area contributed by atoms with Gasteiger partial charge in [0.1, 0.15) is 5.54 Å². The lowest BCUT2D eigenvalue weighted by atomic mass is 9.89. The first-order valence-electron chi connectivity index (χ1n) is 5.92. The summed E-state index contributed by atoms with van der Waals surface area (Å²) in [5.41, 5.74) is -1.21. The number of carbonyl (C=O) groups is 1. The Morgan fingerprint density at radius 2 is 2.22 bits per heavy atom. The molecule has 106 valence electrons. The first-order valence-corrected chi connectivity index (χ1v) is 6.97. The Bertz CT molecular complexity index is 299. The van der Waals surface area contributed by atoms with Crippen LogP contribution < -0.4 is 5.32 Å². The van der Waals surface area contributed by atoms with Crippen LogP contribution >= 0.6 is 11.8 Å². The summed E-state index contributed by atoms with van der Waals surface area (Å²) in [6.45, 7) is 2.42. The molecule has 7 heteroatoms. The van der Waals surface area contributed by atoms with Crippen LogP contribution in [0.15, 0.2) is 0 Å². The molecule has 0 bridgehead atoms. The zero-order chi connectivity index (χ0) is 13.8. The van der Waals surface area contributed by atoms with Gasteiger partial charge in [-0.15, -0.1) is 0 Å². The lowest BCUT2D eigenvalue weighted by Gasteiger charge is -2.40. The molecule has 0 spiro atoms. The number of hydrogen-bond donors (Lipinski definition) is 1. The van der Waals surface area contributed by atoms with Gasteiger partial charge in [0.05, 0.1) is 13.2 Å². The van der Waals surface area contributed by atoms with Gasteiger partial charge in [0.2, 0.25) is 0 Å². The van der Waals surface area contributed by atoms with E-state index in [1.165, 1.54) is 11.8 Å². The topological polar surface area (TPSA) is 38.3 Å². The summed E-state index contributed by atoms with van der Waals surface area (Å²) in [4.78, 5) is 12.0. The van der Waals surface area contributed by atoms with Gasteiger partial charge in [-0.1, -0.05) is 6.92 Å². The van der Waals surface area contributed by atoms with E-state index >= 15 is 0 Å². The van der Waals surface area contributed by atoms with E-state index in [1.807, 2.05) is 0 Å². The molecule has 0 amide bonds. The molecule has 18 heavy (non-hydrogen) atoms. The maximum atomic E-state index is 12.3. The zero-order valence-corrected chi connectivity index (χ0v) is 11.3. The number of esters is 1. The number of alkyl halides is 3. The molecule has 2 atom stereocenters. The van der Waals surface area contributed by atoms with Crippen molar-refractivity contribution in [2.75, 3.05) is 18.9 Å². The number of halogens is 3. The van der Waals surface area contributed by atoms with E-state index in [4.69, 9.17) is 4.74 Å². The number of nitrogens with one attached hydrogen (secondary N) is 1. The molecule has 1 N–H and O–H groups in total.